The molecule has 3 heterocycles. The molecule has 0 saturated carbocycles. The van der Waals surface area contributed by atoms with Crippen LogP contribution in [0.25, 0.3) is 11.2 Å². The number of nitrogen functional groups attached to an aromatic ring is 1. The van der Waals surface area contributed by atoms with Gasteiger partial charge in [0.25, 0.3) is 5.56 Å². The van der Waals surface area contributed by atoms with Crippen molar-refractivity contribution in [2.75, 3.05) is 18.9 Å². The fourth-order valence-corrected chi connectivity index (χ4v) is 3.68. The van der Waals surface area contributed by atoms with Crippen LogP contribution in [0.4, 0.5) is 5.95 Å². The summed E-state index contributed by atoms with van der Waals surface area (Å²) in [6.45, 7) is 2.32. The lowest BCUT2D eigenvalue weighted by atomic mass is 10.1. The third-order valence-corrected chi connectivity index (χ3v) is 5.28. The third-order valence-electron chi connectivity index (χ3n) is 5.28. The van der Waals surface area contributed by atoms with Crippen LogP contribution < -0.4 is 11.3 Å². The number of nitrogens with zero attached hydrogens (tertiary/aromatic N) is 3. The van der Waals surface area contributed by atoms with E-state index in [0.29, 0.717) is 6.61 Å². The summed E-state index contributed by atoms with van der Waals surface area (Å²) in [4.78, 5) is 22.6. The van der Waals surface area contributed by atoms with E-state index in [1.54, 1.807) is 0 Å². The summed E-state index contributed by atoms with van der Waals surface area (Å²) in [5.74, 6) is -0.0398. The molecule has 3 rings (SSSR count). The molecule has 1 saturated heterocycles. The van der Waals surface area contributed by atoms with Gasteiger partial charge in [0.05, 0.1) is 12.9 Å². The molecule has 1 aliphatic rings. The first-order valence-electron chi connectivity index (χ1n) is 10.3. The number of imidazole rings is 1. The molecule has 10 heteroatoms. The molecular formula is C19H31N5O5. The Morgan fingerprint density at radius 1 is 1.28 bits per heavy atom. The molecule has 1 fully saturated rings. The van der Waals surface area contributed by atoms with Gasteiger partial charge in [-0.05, 0) is 6.42 Å². The highest BCUT2D eigenvalue weighted by atomic mass is 16.6. The van der Waals surface area contributed by atoms with E-state index in [1.165, 1.54) is 36.6 Å². The number of hydrogen-bond acceptors (Lipinski definition) is 8. The summed E-state index contributed by atoms with van der Waals surface area (Å²) in [5, 5.41) is 20.1. The van der Waals surface area contributed by atoms with Crippen molar-refractivity contribution in [1.29, 1.82) is 0 Å². The topological polar surface area (TPSA) is 149 Å². The van der Waals surface area contributed by atoms with Gasteiger partial charge in [-0.2, -0.15) is 4.98 Å². The van der Waals surface area contributed by atoms with Crippen molar-refractivity contribution in [2.45, 2.75) is 76.4 Å². The molecule has 0 aromatic carbocycles. The van der Waals surface area contributed by atoms with E-state index in [0.717, 1.165) is 19.3 Å². The van der Waals surface area contributed by atoms with E-state index in [9.17, 15) is 15.0 Å². The Hall–Kier alpha value is -2.01. The van der Waals surface area contributed by atoms with Gasteiger partial charge in [0.2, 0.25) is 5.95 Å². The summed E-state index contributed by atoms with van der Waals surface area (Å²) in [6.07, 6.45) is 6.19. The van der Waals surface area contributed by atoms with Gasteiger partial charge in [0, 0.05) is 6.61 Å². The van der Waals surface area contributed by atoms with E-state index >= 15 is 0 Å². The number of nitrogens with one attached hydrogen (secondary N) is 1. The second kappa shape index (κ2) is 10.1. The quantitative estimate of drug-likeness (QED) is 0.403. The lowest BCUT2D eigenvalue weighted by molar-refractivity contribution is -0.0711. The van der Waals surface area contributed by atoms with Crippen LogP contribution in [0, 0.1) is 0 Å². The fraction of sp³-hybridized carbons (Fsp3) is 0.737. The van der Waals surface area contributed by atoms with E-state index in [4.69, 9.17) is 15.2 Å². The highest BCUT2D eigenvalue weighted by molar-refractivity contribution is 5.70. The SMILES string of the molecule is CCCCCCCCCOC1C(O)[C@@H](CO)O[C@H]1n1cnc2c(=O)[nH]c(N)nc21. The van der Waals surface area contributed by atoms with Gasteiger partial charge < -0.3 is 25.4 Å². The molecule has 0 bridgehead atoms. The van der Waals surface area contributed by atoms with Crippen molar-refractivity contribution < 1.29 is 19.7 Å². The standard InChI is InChI=1S/C19H31N5O5/c1-2-3-4-5-6-7-8-9-28-15-14(26)12(10-25)29-18(15)24-11-21-13-16(24)22-19(20)23-17(13)27/h11-12,14-15,18,25-26H,2-10H2,1H3,(H3,20,22,23,27)/t12-,14?,15?,18-/m1/s1. The fourth-order valence-electron chi connectivity index (χ4n) is 3.68. The minimum atomic E-state index is -1.01. The Bertz CT molecular complexity index is 838. The Morgan fingerprint density at radius 2 is 2.00 bits per heavy atom. The van der Waals surface area contributed by atoms with Crippen molar-refractivity contribution in [3.8, 4) is 0 Å². The van der Waals surface area contributed by atoms with Crippen molar-refractivity contribution >= 4 is 17.1 Å². The number of unbranched alkanes of at least 4 members (excludes halogenated alkanes) is 6. The average Bonchev–Trinajstić information content (AvgIpc) is 3.25. The van der Waals surface area contributed by atoms with Crippen molar-refractivity contribution in [2.24, 2.45) is 0 Å². The molecule has 0 radical (unpaired) electrons. The van der Waals surface area contributed by atoms with Crippen molar-refractivity contribution in [3.05, 3.63) is 16.7 Å². The summed E-state index contributed by atoms with van der Waals surface area (Å²) in [5.41, 5.74) is 5.56. The largest absolute Gasteiger partial charge is 0.394 e. The number of aromatic amines is 1. The second-order valence-electron chi connectivity index (χ2n) is 7.47. The zero-order chi connectivity index (χ0) is 20.8. The van der Waals surface area contributed by atoms with Crippen LogP contribution in [0.2, 0.25) is 0 Å². The number of aromatic nitrogens is 4. The first-order chi connectivity index (χ1) is 14.1. The van der Waals surface area contributed by atoms with E-state index in [1.807, 2.05) is 0 Å². The van der Waals surface area contributed by atoms with Crippen LogP contribution in [0.3, 0.4) is 0 Å². The molecule has 10 nitrogen and oxygen atoms in total. The number of rotatable bonds is 11. The molecule has 5 N–H and O–H groups in total. The molecule has 1 aliphatic heterocycles. The number of fused-ring (bicyclic) bond motifs is 1. The second-order valence-corrected chi connectivity index (χ2v) is 7.47. The van der Waals surface area contributed by atoms with Gasteiger partial charge in [-0.15, -0.1) is 0 Å². The number of H-pyrrole nitrogens is 1. The van der Waals surface area contributed by atoms with Gasteiger partial charge in [0.1, 0.15) is 18.3 Å². The maximum absolute atomic E-state index is 12.0. The molecule has 4 atom stereocenters. The van der Waals surface area contributed by atoms with Gasteiger partial charge in [-0.25, -0.2) is 4.98 Å². The predicted octanol–water partition coefficient (Wildman–Crippen LogP) is 1.09. The lowest BCUT2D eigenvalue weighted by Crippen LogP contribution is -2.35. The van der Waals surface area contributed by atoms with Crippen molar-refractivity contribution in [1.82, 2.24) is 19.5 Å². The number of nitrogens with two attached hydrogens (primary N) is 1. The smallest absolute Gasteiger partial charge is 0.280 e. The number of hydrogen-bond donors (Lipinski definition) is 4. The van der Waals surface area contributed by atoms with Gasteiger partial charge in [-0.1, -0.05) is 45.4 Å². The predicted molar refractivity (Wildman–Crippen MR) is 107 cm³/mol. The minimum absolute atomic E-state index is 0.0398. The highest BCUT2D eigenvalue weighted by Gasteiger charge is 2.45. The van der Waals surface area contributed by atoms with Gasteiger partial charge in [0.15, 0.2) is 17.4 Å². The first kappa shape index (κ1) is 21.7. The number of ether oxygens (including phenoxy) is 2. The molecule has 2 aromatic rings. The Balaban J connectivity index is 1.66. The third kappa shape index (κ3) is 4.95. The summed E-state index contributed by atoms with van der Waals surface area (Å²) in [7, 11) is 0. The van der Waals surface area contributed by atoms with Crippen molar-refractivity contribution in [3.63, 3.8) is 0 Å². The average molecular weight is 409 g/mol. The Labute approximate surface area is 169 Å². The van der Waals surface area contributed by atoms with Crippen LogP contribution in [0.15, 0.2) is 11.1 Å². The molecule has 162 valence electrons. The normalized spacial score (nSPS) is 24.5. The summed E-state index contributed by atoms with van der Waals surface area (Å²) >= 11 is 0. The molecule has 2 unspecified atom stereocenters. The lowest BCUT2D eigenvalue weighted by Gasteiger charge is -2.22. The Morgan fingerprint density at radius 3 is 2.72 bits per heavy atom. The van der Waals surface area contributed by atoms with Crippen LogP contribution in [-0.4, -0.2) is 61.3 Å². The van der Waals surface area contributed by atoms with Gasteiger partial charge >= 0.3 is 0 Å². The zero-order valence-corrected chi connectivity index (χ0v) is 16.8. The van der Waals surface area contributed by atoms with E-state index in [2.05, 4.69) is 21.9 Å². The Kier molecular flexibility index (Phi) is 7.59. The van der Waals surface area contributed by atoms with Crippen LogP contribution in [-0.2, 0) is 9.47 Å². The monoisotopic (exact) mass is 409 g/mol. The first-order valence-corrected chi connectivity index (χ1v) is 10.3. The summed E-state index contributed by atoms with van der Waals surface area (Å²) < 4.78 is 13.3. The zero-order valence-electron chi connectivity index (χ0n) is 16.8. The van der Waals surface area contributed by atoms with Gasteiger partial charge in [-0.3, -0.25) is 14.3 Å². The number of anilines is 1. The minimum Gasteiger partial charge on any atom is -0.394 e. The molecule has 29 heavy (non-hydrogen) atoms. The summed E-state index contributed by atoms with van der Waals surface area (Å²) in [6, 6.07) is 0. The molecule has 2 aromatic heterocycles. The molecule has 0 spiro atoms. The maximum Gasteiger partial charge on any atom is 0.280 e. The van der Waals surface area contributed by atoms with E-state index < -0.39 is 30.1 Å². The number of aliphatic hydroxyl groups is 2. The molecule has 0 amide bonds. The van der Waals surface area contributed by atoms with Crippen LogP contribution >= 0.6 is 0 Å². The molecule has 0 aliphatic carbocycles. The number of aliphatic hydroxyl groups excluding tert-OH is 2. The molecular weight excluding hydrogens is 378 g/mol. The highest BCUT2D eigenvalue weighted by Crippen LogP contribution is 2.33. The maximum atomic E-state index is 12.0. The van der Waals surface area contributed by atoms with Crippen LogP contribution in [0.1, 0.15) is 58.1 Å². The van der Waals surface area contributed by atoms with Crippen LogP contribution in [0.5, 0.6) is 0 Å². The van der Waals surface area contributed by atoms with E-state index in [-0.39, 0.29) is 23.7 Å².